The molecule has 0 radical (unpaired) electrons. The third-order valence-electron chi connectivity index (χ3n) is 6.80. The maximum atomic E-state index is 12.1. The van der Waals surface area contributed by atoms with E-state index in [1.54, 1.807) is 20.4 Å². The van der Waals surface area contributed by atoms with Crippen LogP contribution in [0.25, 0.3) is 11.0 Å². The van der Waals surface area contributed by atoms with Crippen LogP contribution >= 0.6 is 0 Å². The van der Waals surface area contributed by atoms with E-state index < -0.39 is 10.2 Å². The Hall–Kier alpha value is -1.68. The van der Waals surface area contributed by atoms with Gasteiger partial charge < -0.3 is 9.32 Å². The Morgan fingerprint density at radius 2 is 1.83 bits per heavy atom. The summed E-state index contributed by atoms with van der Waals surface area (Å²) in [4.78, 5) is 9.54. The van der Waals surface area contributed by atoms with Gasteiger partial charge in [0, 0.05) is 58.6 Å². The quantitative estimate of drug-likeness (QED) is 0.750. The van der Waals surface area contributed by atoms with Crippen LogP contribution in [0.3, 0.4) is 0 Å². The lowest BCUT2D eigenvalue weighted by Crippen LogP contribution is -2.52. The zero-order valence-electron chi connectivity index (χ0n) is 18.1. The van der Waals surface area contributed by atoms with Gasteiger partial charge in [-0.25, -0.2) is 4.98 Å². The predicted octanol–water partition coefficient (Wildman–Crippen LogP) is 2.29. The molecule has 4 rings (SSSR count). The topological polar surface area (TPSA) is 81.9 Å². The third-order valence-corrected chi connectivity index (χ3v) is 8.39. The van der Waals surface area contributed by atoms with Crippen LogP contribution in [-0.2, 0) is 10.2 Å². The first-order valence-electron chi connectivity index (χ1n) is 10.9. The second-order valence-electron chi connectivity index (χ2n) is 8.75. The highest BCUT2D eigenvalue weighted by atomic mass is 32.2. The van der Waals surface area contributed by atoms with Crippen molar-refractivity contribution in [2.24, 2.45) is 5.92 Å². The van der Waals surface area contributed by atoms with Crippen LogP contribution in [0.15, 0.2) is 29.0 Å². The molecule has 2 aromatic rings. The van der Waals surface area contributed by atoms with E-state index in [1.807, 2.05) is 18.3 Å². The summed E-state index contributed by atoms with van der Waals surface area (Å²) in [5, 5.41) is 1.08. The fraction of sp³-hybridized carbons (Fsp3) is 0.667. The summed E-state index contributed by atoms with van der Waals surface area (Å²) in [5.74, 6) is 1.63. The van der Waals surface area contributed by atoms with Gasteiger partial charge >= 0.3 is 0 Å². The normalized spacial score (nSPS) is 25.1. The maximum Gasteiger partial charge on any atom is 0.279 e. The van der Waals surface area contributed by atoms with Gasteiger partial charge in [0.25, 0.3) is 10.2 Å². The molecule has 1 aliphatic carbocycles. The summed E-state index contributed by atoms with van der Waals surface area (Å²) in [6.45, 7) is 6.29. The summed E-state index contributed by atoms with van der Waals surface area (Å²) in [7, 11) is -0.210. The van der Waals surface area contributed by atoms with Crippen molar-refractivity contribution >= 4 is 27.0 Å². The number of nitrogens with one attached hydrogen (secondary N) is 1. The minimum atomic E-state index is -3.35. The van der Waals surface area contributed by atoms with E-state index in [9.17, 15) is 8.42 Å². The number of furan rings is 1. The van der Waals surface area contributed by atoms with Crippen molar-refractivity contribution < 1.29 is 12.8 Å². The molecule has 1 aliphatic heterocycles. The standard InChI is InChI=1S/C21H33N5O3S/c1-16(17-4-6-18(7-5-17)23-30(27,28)24(2)3)25-11-13-26(14-12-25)21-19-9-15-29-20(19)8-10-22-21/h8-10,15-18,23H,4-7,11-14H2,1-3H3. The molecule has 0 aromatic carbocycles. The Morgan fingerprint density at radius 3 is 2.50 bits per heavy atom. The van der Waals surface area contributed by atoms with Gasteiger partial charge in [0.2, 0.25) is 0 Å². The summed E-state index contributed by atoms with van der Waals surface area (Å²) >= 11 is 0. The lowest BCUT2D eigenvalue weighted by atomic mass is 9.81. The third kappa shape index (κ3) is 4.49. The zero-order valence-corrected chi connectivity index (χ0v) is 18.9. The number of rotatable bonds is 6. The van der Waals surface area contributed by atoms with Gasteiger partial charge in [-0.3, -0.25) is 4.90 Å². The van der Waals surface area contributed by atoms with Crippen LogP contribution in [0.2, 0.25) is 0 Å². The van der Waals surface area contributed by atoms with E-state index in [-0.39, 0.29) is 6.04 Å². The van der Waals surface area contributed by atoms with Crippen molar-refractivity contribution in [2.45, 2.75) is 44.7 Å². The van der Waals surface area contributed by atoms with E-state index >= 15 is 0 Å². The Kier molecular flexibility index (Phi) is 6.34. The molecule has 0 bridgehead atoms. The zero-order chi connectivity index (χ0) is 21.3. The maximum absolute atomic E-state index is 12.1. The van der Waals surface area contributed by atoms with Crippen LogP contribution in [0, 0.1) is 5.92 Å². The van der Waals surface area contributed by atoms with Gasteiger partial charge in [0.1, 0.15) is 11.4 Å². The fourth-order valence-corrected chi connectivity index (χ4v) is 5.67. The predicted molar refractivity (Wildman–Crippen MR) is 119 cm³/mol. The number of fused-ring (bicyclic) bond motifs is 1. The van der Waals surface area contributed by atoms with Gasteiger partial charge in [-0.2, -0.15) is 17.4 Å². The van der Waals surface area contributed by atoms with E-state index in [4.69, 9.17) is 4.42 Å². The largest absolute Gasteiger partial charge is 0.464 e. The molecule has 2 aliphatic rings. The van der Waals surface area contributed by atoms with E-state index in [0.29, 0.717) is 12.0 Å². The Balaban J connectivity index is 1.29. The first-order chi connectivity index (χ1) is 14.3. The first kappa shape index (κ1) is 21.5. The van der Waals surface area contributed by atoms with Crippen LogP contribution in [0.5, 0.6) is 0 Å². The Labute approximate surface area is 179 Å². The molecule has 0 amide bonds. The summed E-state index contributed by atoms with van der Waals surface area (Å²) in [5.41, 5.74) is 0.887. The van der Waals surface area contributed by atoms with Crippen molar-refractivity contribution in [3.8, 4) is 0 Å². The molecule has 9 heteroatoms. The second kappa shape index (κ2) is 8.82. The summed E-state index contributed by atoms with van der Waals surface area (Å²) in [6, 6.07) is 4.47. The van der Waals surface area contributed by atoms with Gasteiger partial charge in [0.15, 0.2) is 0 Å². The molecule has 1 atom stereocenters. The molecule has 1 saturated carbocycles. The average Bonchev–Trinajstić information content (AvgIpc) is 3.22. The Morgan fingerprint density at radius 1 is 1.13 bits per heavy atom. The molecule has 1 N–H and O–H groups in total. The van der Waals surface area contributed by atoms with Gasteiger partial charge in [-0.1, -0.05) is 0 Å². The SMILES string of the molecule is CC(C1CCC(NS(=O)(=O)N(C)C)CC1)N1CCN(c2nccc3occc23)CC1. The van der Waals surface area contributed by atoms with Crippen LogP contribution in [0.1, 0.15) is 32.6 Å². The van der Waals surface area contributed by atoms with E-state index in [0.717, 1.165) is 68.6 Å². The average molecular weight is 436 g/mol. The molecule has 30 heavy (non-hydrogen) atoms. The lowest BCUT2D eigenvalue weighted by molar-refractivity contribution is 0.117. The number of hydrogen-bond donors (Lipinski definition) is 1. The highest BCUT2D eigenvalue weighted by Gasteiger charge is 2.32. The molecule has 1 saturated heterocycles. The number of aromatic nitrogens is 1. The van der Waals surface area contributed by atoms with Gasteiger partial charge in [-0.15, -0.1) is 0 Å². The molecule has 166 valence electrons. The monoisotopic (exact) mass is 435 g/mol. The molecule has 2 aromatic heterocycles. The minimum absolute atomic E-state index is 0.0548. The first-order valence-corrected chi connectivity index (χ1v) is 12.3. The number of anilines is 1. The van der Waals surface area contributed by atoms with Crippen LogP contribution in [0.4, 0.5) is 5.82 Å². The van der Waals surface area contributed by atoms with E-state index in [1.165, 1.54) is 4.31 Å². The van der Waals surface area contributed by atoms with Crippen molar-refractivity contribution in [3.63, 3.8) is 0 Å². The minimum Gasteiger partial charge on any atom is -0.464 e. The molecular weight excluding hydrogens is 402 g/mol. The van der Waals surface area contributed by atoms with Crippen molar-refractivity contribution in [3.05, 3.63) is 24.6 Å². The van der Waals surface area contributed by atoms with Gasteiger partial charge in [-0.05, 0) is 50.7 Å². The fourth-order valence-electron chi connectivity index (χ4n) is 4.81. The number of pyridine rings is 1. The van der Waals surface area contributed by atoms with Crippen molar-refractivity contribution in [1.29, 1.82) is 0 Å². The smallest absolute Gasteiger partial charge is 0.279 e. The number of nitrogens with zero attached hydrogens (tertiary/aromatic N) is 4. The summed E-state index contributed by atoms with van der Waals surface area (Å²) in [6.07, 6.45) is 7.50. The molecule has 3 heterocycles. The molecule has 1 unspecified atom stereocenters. The van der Waals surface area contributed by atoms with Crippen LogP contribution < -0.4 is 9.62 Å². The molecule has 2 fully saturated rings. The second-order valence-corrected chi connectivity index (χ2v) is 10.7. The molecule has 8 nitrogen and oxygen atoms in total. The molecular formula is C21H33N5O3S. The number of hydrogen-bond acceptors (Lipinski definition) is 6. The van der Waals surface area contributed by atoms with Crippen LogP contribution in [-0.4, -0.2) is 75.0 Å². The highest BCUT2D eigenvalue weighted by molar-refractivity contribution is 7.87. The van der Waals surface area contributed by atoms with Crippen molar-refractivity contribution in [2.75, 3.05) is 45.2 Å². The number of piperazine rings is 1. The Bertz CT molecular complexity index is 944. The molecule has 0 spiro atoms. The van der Waals surface area contributed by atoms with Gasteiger partial charge in [0.05, 0.1) is 11.6 Å². The highest BCUT2D eigenvalue weighted by Crippen LogP contribution is 2.31. The lowest BCUT2D eigenvalue weighted by Gasteiger charge is -2.43. The van der Waals surface area contributed by atoms with Crippen molar-refractivity contribution in [1.82, 2.24) is 18.9 Å². The van der Waals surface area contributed by atoms with E-state index in [2.05, 4.69) is 26.4 Å². The summed E-state index contributed by atoms with van der Waals surface area (Å²) < 4.78 is 33.7.